The van der Waals surface area contributed by atoms with E-state index in [0.717, 1.165) is 43.3 Å². The van der Waals surface area contributed by atoms with Crippen molar-refractivity contribution in [1.82, 2.24) is 4.90 Å². The molecule has 0 atom stereocenters. The molecule has 0 saturated carbocycles. The van der Waals surface area contributed by atoms with Gasteiger partial charge in [-0.2, -0.15) is 0 Å². The van der Waals surface area contributed by atoms with Crippen LogP contribution < -0.4 is 0 Å². The molecule has 0 bridgehead atoms. The van der Waals surface area contributed by atoms with Crippen molar-refractivity contribution in [3.63, 3.8) is 0 Å². The Balaban J connectivity index is 2.80. The molecule has 68 valence electrons. The molecule has 0 aliphatic rings. The van der Waals surface area contributed by atoms with Gasteiger partial charge in [-0.1, -0.05) is 0 Å². The van der Waals surface area contributed by atoms with E-state index in [9.17, 15) is 0 Å². The molecular weight excluding hydrogens is 158 g/mol. The molecule has 11 heavy (non-hydrogen) atoms. The zero-order valence-corrected chi connectivity index (χ0v) is 9.80. The van der Waals surface area contributed by atoms with Gasteiger partial charge in [0.2, 0.25) is 0 Å². The zero-order valence-electron chi connectivity index (χ0n) is 7.80. The standard InChI is InChI=1S/C7H19NO2Si/c1-8(2)4-7-9-5-3-6-10-11/h3-7H2,1-2,11H3. The van der Waals surface area contributed by atoms with E-state index < -0.39 is 0 Å². The molecule has 0 N–H and O–H groups in total. The summed E-state index contributed by atoms with van der Waals surface area (Å²) in [6.07, 6.45) is 1.02. The monoisotopic (exact) mass is 177 g/mol. The van der Waals surface area contributed by atoms with Crippen LogP contribution in [0.4, 0.5) is 0 Å². The lowest BCUT2D eigenvalue weighted by molar-refractivity contribution is 0.107. The Morgan fingerprint density at radius 2 is 1.91 bits per heavy atom. The van der Waals surface area contributed by atoms with Gasteiger partial charge in [-0.05, 0) is 20.5 Å². The first kappa shape index (κ1) is 11.1. The number of ether oxygens (including phenoxy) is 1. The molecule has 0 aliphatic carbocycles. The van der Waals surface area contributed by atoms with Gasteiger partial charge in [0.05, 0.1) is 6.61 Å². The highest BCUT2D eigenvalue weighted by Crippen LogP contribution is 1.83. The van der Waals surface area contributed by atoms with Crippen molar-refractivity contribution in [1.29, 1.82) is 0 Å². The Kier molecular flexibility index (Phi) is 8.27. The van der Waals surface area contributed by atoms with E-state index >= 15 is 0 Å². The van der Waals surface area contributed by atoms with Crippen LogP contribution in [0.3, 0.4) is 0 Å². The van der Waals surface area contributed by atoms with E-state index in [1.807, 2.05) is 14.1 Å². The maximum Gasteiger partial charge on any atom is 0.145 e. The van der Waals surface area contributed by atoms with Gasteiger partial charge in [-0.25, -0.2) is 0 Å². The summed E-state index contributed by atoms with van der Waals surface area (Å²) in [4.78, 5) is 2.11. The molecule has 0 radical (unpaired) electrons. The smallest absolute Gasteiger partial charge is 0.145 e. The van der Waals surface area contributed by atoms with E-state index in [0.29, 0.717) is 0 Å². The fraction of sp³-hybridized carbons (Fsp3) is 1.00. The highest BCUT2D eigenvalue weighted by atomic mass is 28.2. The Hall–Kier alpha value is 0.0969. The minimum Gasteiger partial charge on any atom is -0.428 e. The number of hydrogen-bond acceptors (Lipinski definition) is 3. The van der Waals surface area contributed by atoms with Gasteiger partial charge in [0.1, 0.15) is 10.5 Å². The van der Waals surface area contributed by atoms with Gasteiger partial charge in [0.15, 0.2) is 0 Å². The third-order valence-electron chi connectivity index (χ3n) is 1.32. The molecule has 0 aromatic rings. The summed E-state index contributed by atoms with van der Waals surface area (Å²) in [5, 5.41) is 0. The van der Waals surface area contributed by atoms with Crippen LogP contribution in [-0.4, -0.2) is 55.8 Å². The summed E-state index contributed by atoms with van der Waals surface area (Å²) < 4.78 is 10.4. The SMILES string of the molecule is CN(C)CCOCCCO[SiH3]. The second-order valence-corrected chi connectivity index (χ2v) is 3.34. The third-order valence-corrected chi connectivity index (χ3v) is 1.73. The van der Waals surface area contributed by atoms with E-state index in [1.54, 1.807) is 0 Å². The number of rotatable bonds is 7. The molecule has 0 aromatic heterocycles. The second kappa shape index (κ2) is 8.20. The molecule has 0 unspecified atom stereocenters. The number of hydrogen-bond donors (Lipinski definition) is 0. The van der Waals surface area contributed by atoms with Crippen LogP contribution >= 0.6 is 0 Å². The van der Waals surface area contributed by atoms with Crippen LogP contribution in [0.2, 0.25) is 0 Å². The number of likely N-dealkylation sites (N-methyl/N-ethyl adjacent to an activating group) is 1. The van der Waals surface area contributed by atoms with Crippen molar-refractivity contribution in [2.75, 3.05) is 40.5 Å². The minimum atomic E-state index is 0.828. The van der Waals surface area contributed by atoms with Crippen molar-refractivity contribution < 1.29 is 9.16 Å². The average molecular weight is 177 g/mol. The Bertz CT molecular complexity index is 80.8. The van der Waals surface area contributed by atoms with Crippen LogP contribution in [0.1, 0.15) is 6.42 Å². The molecule has 4 heteroatoms. The van der Waals surface area contributed by atoms with Crippen molar-refractivity contribution in [2.24, 2.45) is 0 Å². The predicted octanol–water partition coefficient (Wildman–Crippen LogP) is -0.748. The van der Waals surface area contributed by atoms with Gasteiger partial charge in [-0.15, -0.1) is 0 Å². The molecular formula is C7H19NO2Si. The van der Waals surface area contributed by atoms with Crippen LogP contribution in [0.25, 0.3) is 0 Å². The van der Waals surface area contributed by atoms with E-state index in [4.69, 9.17) is 9.16 Å². The van der Waals surface area contributed by atoms with Gasteiger partial charge >= 0.3 is 0 Å². The zero-order chi connectivity index (χ0) is 8.53. The summed E-state index contributed by atoms with van der Waals surface area (Å²) in [5.74, 6) is 0. The first-order valence-electron chi connectivity index (χ1n) is 3.98. The van der Waals surface area contributed by atoms with E-state index in [1.165, 1.54) is 0 Å². The Morgan fingerprint density at radius 3 is 2.45 bits per heavy atom. The lowest BCUT2D eigenvalue weighted by atomic mass is 10.5. The number of nitrogens with zero attached hydrogens (tertiary/aromatic N) is 1. The molecule has 0 rings (SSSR count). The van der Waals surface area contributed by atoms with Crippen LogP contribution in [0.15, 0.2) is 0 Å². The topological polar surface area (TPSA) is 21.7 Å². The fourth-order valence-corrected chi connectivity index (χ4v) is 0.943. The molecule has 0 aliphatic heterocycles. The summed E-state index contributed by atoms with van der Waals surface area (Å²) in [5.41, 5.74) is 0. The predicted molar refractivity (Wildman–Crippen MR) is 49.9 cm³/mol. The van der Waals surface area contributed by atoms with Crippen LogP contribution in [0.5, 0.6) is 0 Å². The van der Waals surface area contributed by atoms with Gasteiger partial charge in [-0.3, -0.25) is 0 Å². The molecule has 0 saturated heterocycles. The van der Waals surface area contributed by atoms with E-state index in [2.05, 4.69) is 4.90 Å². The quantitative estimate of drug-likeness (QED) is 0.377. The highest BCUT2D eigenvalue weighted by molar-refractivity contribution is 5.97. The van der Waals surface area contributed by atoms with Gasteiger partial charge in [0.25, 0.3) is 0 Å². The van der Waals surface area contributed by atoms with Crippen molar-refractivity contribution in [3.8, 4) is 0 Å². The Morgan fingerprint density at radius 1 is 1.18 bits per heavy atom. The van der Waals surface area contributed by atoms with Crippen molar-refractivity contribution in [3.05, 3.63) is 0 Å². The van der Waals surface area contributed by atoms with E-state index in [-0.39, 0.29) is 0 Å². The lowest BCUT2D eigenvalue weighted by Crippen LogP contribution is -2.18. The average Bonchev–Trinajstić information content (AvgIpc) is 1.96. The van der Waals surface area contributed by atoms with Crippen LogP contribution in [-0.2, 0) is 9.16 Å². The van der Waals surface area contributed by atoms with Crippen LogP contribution in [0, 0.1) is 0 Å². The summed E-state index contributed by atoms with van der Waals surface area (Å²) in [7, 11) is 4.93. The summed E-state index contributed by atoms with van der Waals surface area (Å²) >= 11 is 0. The first-order chi connectivity index (χ1) is 5.27. The van der Waals surface area contributed by atoms with Crippen molar-refractivity contribution in [2.45, 2.75) is 6.42 Å². The maximum absolute atomic E-state index is 5.34. The maximum atomic E-state index is 5.34. The Labute approximate surface area is 72.2 Å². The molecule has 0 spiro atoms. The van der Waals surface area contributed by atoms with Crippen molar-refractivity contribution >= 4 is 10.5 Å². The largest absolute Gasteiger partial charge is 0.428 e. The molecule has 0 heterocycles. The van der Waals surface area contributed by atoms with Gasteiger partial charge < -0.3 is 14.1 Å². The molecule has 0 aromatic carbocycles. The molecule has 3 nitrogen and oxygen atoms in total. The first-order valence-corrected chi connectivity index (χ1v) is 4.80. The summed E-state index contributed by atoms with van der Waals surface area (Å²) in [6.45, 7) is 3.51. The van der Waals surface area contributed by atoms with Gasteiger partial charge in [0, 0.05) is 19.8 Å². The minimum absolute atomic E-state index is 0.828. The normalized spacial score (nSPS) is 11.2. The second-order valence-electron chi connectivity index (χ2n) is 2.76. The highest BCUT2D eigenvalue weighted by Gasteiger charge is 1.90. The third kappa shape index (κ3) is 10.1. The fourth-order valence-electron chi connectivity index (χ4n) is 0.655. The molecule has 0 amide bonds. The molecule has 0 fully saturated rings. The summed E-state index contributed by atoms with van der Waals surface area (Å²) in [6, 6.07) is 0. The lowest BCUT2D eigenvalue weighted by Gasteiger charge is -2.09.